The number of non-ortho nitro benzene ring substituents is 1. The van der Waals surface area contributed by atoms with Gasteiger partial charge in [-0.25, -0.2) is 8.42 Å². The van der Waals surface area contributed by atoms with E-state index in [4.69, 9.17) is 0 Å². The third-order valence-electron chi connectivity index (χ3n) is 6.02. The lowest BCUT2D eigenvalue weighted by Crippen LogP contribution is -2.55. The molecule has 1 N–H and O–H groups in total. The average molecular weight is 567 g/mol. The van der Waals surface area contributed by atoms with Crippen LogP contribution < -0.4 is 9.62 Å². The molecule has 1 atom stereocenters. The lowest BCUT2D eigenvalue weighted by molar-refractivity contribution is -0.384. The summed E-state index contributed by atoms with van der Waals surface area (Å²) in [5, 5.41) is 14.4. The number of nitro groups is 1. The van der Waals surface area contributed by atoms with Crippen LogP contribution in [-0.4, -0.2) is 48.2 Å². The van der Waals surface area contributed by atoms with Gasteiger partial charge in [-0.05, 0) is 51.0 Å². The summed E-state index contributed by atoms with van der Waals surface area (Å²) in [6.45, 7) is 6.65. The number of nitro benzene ring substituents is 1. The molecule has 0 heterocycles. The van der Waals surface area contributed by atoms with Crippen molar-refractivity contribution in [2.45, 2.75) is 57.1 Å². The molecule has 0 saturated carbocycles. The van der Waals surface area contributed by atoms with Crippen LogP contribution in [0.15, 0.2) is 89.8 Å². The van der Waals surface area contributed by atoms with Crippen molar-refractivity contribution in [2.75, 3.05) is 10.8 Å². The fourth-order valence-corrected chi connectivity index (χ4v) is 5.59. The molecule has 1 unspecified atom stereocenters. The Morgan fingerprint density at radius 2 is 1.55 bits per heavy atom. The van der Waals surface area contributed by atoms with Crippen LogP contribution in [-0.2, 0) is 26.2 Å². The van der Waals surface area contributed by atoms with Gasteiger partial charge in [-0.1, -0.05) is 61.5 Å². The van der Waals surface area contributed by atoms with Crippen molar-refractivity contribution >= 4 is 33.2 Å². The molecule has 0 aliphatic carbocycles. The number of carbonyl (C=O) groups is 2. The quantitative estimate of drug-likeness (QED) is 0.268. The minimum absolute atomic E-state index is 0.0433. The maximum Gasteiger partial charge on any atom is 0.271 e. The van der Waals surface area contributed by atoms with Crippen molar-refractivity contribution in [1.29, 1.82) is 0 Å². The summed E-state index contributed by atoms with van der Waals surface area (Å²) in [6.07, 6.45) is 0.280. The lowest BCUT2D eigenvalue weighted by Gasteiger charge is -2.34. The minimum atomic E-state index is -4.32. The molecule has 11 heteroatoms. The van der Waals surface area contributed by atoms with Gasteiger partial charge < -0.3 is 10.2 Å². The number of anilines is 1. The molecule has 2 amide bonds. The van der Waals surface area contributed by atoms with Crippen LogP contribution >= 0.6 is 0 Å². The molecule has 0 bridgehead atoms. The van der Waals surface area contributed by atoms with E-state index in [0.717, 1.165) is 15.9 Å². The van der Waals surface area contributed by atoms with Crippen LogP contribution in [0.1, 0.15) is 39.7 Å². The summed E-state index contributed by atoms with van der Waals surface area (Å²) in [6, 6.07) is 20.8. The van der Waals surface area contributed by atoms with Crippen LogP contribution in [0.5, 0.6) is 0 Å². The van der Waals surface area contributed by atoms with Crippen LogP contribution in [0.3, 0.4) is 0 Å². The smallest absolute Gasteiger partial charge is 0.271 e. The zero-order valence-corrected chi connectivity index (χ0v) is 23.8. The Balaban J connectivity index is 2.09. The number of amides is 2. The molecule has 0 aliphatic rings. The first-order chi connectivity index (χ1) is 18.8. The first kappa shape index (κ1) is 30.3. The van der Waals surface area contributed by atoms with E-state index in [1.165, 1.54) is 35.2 Å². The van der Waals surface area contributed by atoms with E-state index in [0.29, 0.717) is 0 Å². The second kappa shape index (κ2) is 12.7. The molecule has 0 aromatic heterocycles. The summed E-state index contributed by atoms with van der Waals surface area (Å²) in [5.74, 6) is -1.00. The minimum Gasteiger partial charge on any atom is -0.350 e. The molecule has 10 nitrogen and oxygen atoms in total. The zero-order chi connectivity index (χ0) is 29.5. The number of benzene rings is 3. The maximum atomic E-state index is 14.0. The van der Waals surface area contributed by atoms with Gasteiger partial charge in [0.25, 0.3) is 15.7 Å². The third kappa shape index (κ3) is 7.66. The topological polar surface area (TPSA) is 130 Å². The number of nitrogens with one attached hydrogen (secondary N) is 1. The molecule has 3 aromatic carbocycles. The summed E-state index contributed by atoms with van der Waals surface area (Å²) in [5.41, 5.74) is -0.170. The molecular weight excluding hydrogens is 532 g/mol. The van der Waals surface area contributed by atoms with Gasteiger partial charge in [-0.3, -0.25) is 24.0 Å². The number of nitrogens with zero attached hydrogens (tertiary/aromatic N) is 3. The van der Waals surface area contributed by atoms with Crippen molar-refractivity contribution in [2.24, 2.45) is 0 Å². The number of carbonyl (C=O) groups excluding carboxylic acids is 2. The Morgan fingerprint density at radius 1 is 0.950 bits per heavy atom. The van der Waals surface area contributed by atoms with Crippen molar-refractivity contribution in [3.8, 4) is 0 Å². The SMILES string of the molecule is CCC(C(=O)NC(C)(C)C)N(Cc1ccccc1)C(=O)CN(c1cccc([N+](=O)[O-])c1)S(=O)(=O)c1ccccc1. The van der Waals surface area contributed by atoms with Crippen molar-refractivity contribution < 1.29 is 22.9 Å². The fourth-order valence-electron chi connectivity index (χ4n) is 4.16. The Bertz CT molecular complexity index is 1440. The predicted octanol–water partition coefficient (Wildman–Crippen LogP) is 4.51. The van der Waals surface area contributed by atoms with Gasteiger partial charge in [0.05, 0.1) is 15.5 Å². The van der Waals surface area contributed by atoms with E-state index in [9.17, 15) is 28.1 Å². The standard InChI is InChI=1S/C29H34N4O6S/c1-5-26(28(35)30-29(2,3)4)31(20-22-13-8-6-9-14-22)27(34)21-32(23-15-12-16-24(19-23)33(36)37)40(38,39)25-17-10-7-11-18-25/h6-19,26H,5,20-21H2,1-4H3,(H,30,35). The van der Waals surface area contributed by atoms with E-state index in [-0.39, 0.29) is 35.1 Å². The average Bonchev–Trinajstić information content (AvgIpc) is 2.91. The monoisotopic (exact) mass is 566 g/mol. The Morgan fingerprint density at radius 3 is 2.10 bits per heavy atom. The van der Waals surface area contributed by atoms with Gasteiger partial charge in [0.2, 0.25) is 11.8 Å². The Kier molecular flexibility index (Phi) is 9.65. The van der Waals surface area contributed by atoms with Gasteiger partial charge in [-0.15, -0.1) is 0 Å². The van der Waals surface area contributed by atoms with E-state index < -0.39 is 39.0 Å². The highest BCUT2D eigenvalue weighted by Gasteiger charge is 2.35. The van der Waals surface area contributed by atoms with E-state index >= 15 is 0 Å². The second-order valence-corrected chi connectivity index (χ2v) is 12.1. The first-order valence-corrected chi connectivity index (χ1v) is 14.2. The van der Waals surface area contributed by atoms with Gasteiger partial charge in [0.15, 0.2) is 0 Å². The van der Waals surface area contributed by atoms with E-state index in [1.54, 1.807) is 25.1 Å². The summed E-state index contributed by atoms with van der Waals surface area (Å²) < 4.78 is 28.4. The zero-order valence-electron chi connectivity index (χ0n) is 23.0. The van der Waals surface area contributed by atoms with Crippen LogP contribution in [0.4, 0.5) is 11.4 Å². The van der Waals surface area contributed by atoms with Gasteiger partial charge in [-0.2, -0.15) is 0 Å². The molecule has 0 saturated heterocycles. The highest BCUT2D eigenvalue weighted by molar-refractivity contribution is 7.92. The van der Waals surface area contributed by atoms with Crippen LogP contribution in [0.25, 0.3) is 0 Å². The van der Waals surface area contributed by atoms with Gasteiger partial charge in [0, 0.05) is 24.2 Å². The highest BCUT2D eigenvalue weighted by atomic mass is 32.2. The number of hydrogen-bond acceptors (Lipinski definition) is 6. The predicted molar refractivity (Wildman–Crippen MR) is 153 cm³/mol. The maximum absolute atomic E-state index is 14.0. The largest absolute Gasteiger partial charge is 0.350 e. The number of sulfonamides is 1. The Labute approximate surface area is 234 Å². The summed E-state index contributed by atoms with van der Waals surface area (Å²) in [4.78, 5) is 39.4. The van der Waals surface area contributed by atoms with E-state index in [2.05, 4.69) is 5.32 Å². The Hall–Kier alpha value is -4.25. The molecule has 0 fully saturated rings. The van der Waals surface area contributed by atoms with Crippen molar-refractivity contribution in [3.05, 3.63) is 101 Å². The van der Waals surface area contributed by atoms with Gasteiger partial charge in [0.1, 0.15) is 12.6 Å². The summed E-state index contributed by atoms with van der Waals surface area (Å²) >= 11 is 0. The van der Waals surface area contributed by atoms with Crippen LogP contribution in [0, 0.1) is 10.1 Å². The molecule has 0 spiro atoms. The van der Waals surface area contributed by atoms with Crippen molar-refractivity contribution in [1.82, 2.24) is 10.2 Å². The summed E-state index contributed by atoms with van der Waals surface area (Å²) in [7, 11) is -4.32. The molecule has 3 aromatic rings. The molecule has 40 heavy (non-hydrogen) atoms. The normalized spacial score (nSPS) is 12.3. The van der Waals surface area contributed by atoms with Crippen LogP contribution in [0.2, 0.25) is 0 Å². The van der Waals surface area contributed by atoms with Crippen molar-refractivity contribution in [3.63, 3.8) is 0 Å². The fraction of sp³-hybridized carbons (Fsp3) is 0.310. The second-order valence-electron chi connectivity index (χ2n) is 10.3. The molecule has 212 valence electrons. The molecule has 0 radical (unpaired) electrons. The number of hydrogen-bond donors (Lipinski definition) is 1. The molecule has 3 rings (SSSR count). The highest BCUT2D eigenvalue weighted by Crippen LogP contribution is 2.28. The third-order valence-corrected chi connectivity index (χ3v) is 7.81. The van der Waals surface area contributed by atoms with Gasteiger partial charge >= 0.3 is 0 Å². The van der Waals surface area contributed by atoms with E-state index in [1.807, 2.05) is 51.1 Å². The molecular formula is C29H34N4O6S. The first-order valence-electron chi connectivity index (χ1n) is 12.8. The number of rotatable bonds is 11. The molecule has 0 aliphatic heterocycles. The lowest BCUT2D eigenvalue weighted by atomic mass is 10.1.